The van der Waals surface area contributed by atoms with E-state index in [2.05, 4.69) is 0 Å². The minimum absolute atomic E-state index is 0.0285. The number of rotatable bonds is 5. The highest BCUT2D eigenvalue weighted by Gasteiger charge is 2.25. The SMILES string of the molecule is O=Cc1ccc(N2CCCC(CCO)C2)c([N+](=O)[O-])c1. The molecule has 1 saturated heterocycles. The first-order chi connectivity index (χ1) is 9.65. The predicted octanol–water partition coefficient (Wildman–Crippen LogP) is 2.01. The maximum absolute atomic E-state index is 11.2. The third kappa shape index (κ3) is 3.14. The molecule has 6 heteroatoms. The fourth-order valence-electron chi connectivity index (χ4n) is 2.73. The first-order valence-electron chi connectivity index (χ1n) is 6.75. The van der Waals surface area contributed by atoms with Crippen molar-refractivity contribution in [3.63, 3.8) is 0 Å². The van der Waals surface area contributed by atoms with Crippen LogP contribution < -0.4 is 4.90 Å². The number of anilines is 1. The van der Waals surface area contributed by atoms with Crippen molar-refractivity contribution in [2.24, 2.45) is 5.92 Å². The molecular weight excluding hydrogens is 260 g/mol. The highest BCUT2D eigenvalue weighted by Crippen LogP contribution is 2.32. The van der Waals surface area contributed by atoms with Crippen molar-refractivity contribution in [2.75, 3.05) is 24.6 Å². The summed E-state index contributed by atoms with van der Waals surface area (Å²) < 4.78 is 0. The third-order valence-corrected chi connectivity index (χ3v) is 3.73. The number of aliphatic hydroxyl groups is 1. The molecule has 1 aromatic carbocycles. The largest absolute Gasteiger partial charge is 0.396 e. The molecule has 1 fully saturated rings. The number of aliphatic hydroxyl groups excluding tert-OH is 1. The maximum atomic E-state index is 11.2. The standard InChI is InChI=1S/C14H18N2O4/c17-7-5-11-2-1-6-15(9-11)13-4-3-12(10-18)8-14(13)16(19)20/h3-4,8,10-11,17H,1-2,5-7,9H2. The Morgan fingerprint density at radius 1 is 1.50 bits per heavy atom. The second kappa shape index (κ2) is 6.47. The molecule has 2 rings (SSSR count). The van der Waals surface area contributed by atoms with Crippen molar-refractivity contribution in [2.45, 2.75) is 19.3 Å². The Kier molecular flexibility index (Phi) is 4.68. The molecular formula is C14H18N2O4. The Morgan fingerprint density at radius 3 is 2.95 bits per heavy atom. The van der Waals surface area contributed by atoms with Crippen molar-refractivity contribution in [1.82, 2.24) is 0 Å². The topological polar surface area (TPSA) is 83.7 Å². The number of nitrogens with zero attached hydrogens (tertiary/aromatic N) is 2. The molecule has 6 nitrogen and oxygen atoms in total. The Bertz CT molecular complexity index is 502. The zero-order valence-electron chi connectivity index (χ0n) is 11.2. The summed E-state index contributed by atoms with van der Waals surface area (Å²) in [5.74, 6) is 0.360. The van der Waals surface area contributed by atoms with Crippen LogP contribution in [0.3, 0.4) is 0 Å². The summed E-state index contributed by atoms with van der Waals surface area (Å²) in [7, 11) is 0. The molecule has 1 aliphatic rings. The van der Waals surface area contributed by atoms with Crippen molar-refractivity contribution < 1.29 is 14.8 Å². The number of carbonyl (C=O) groups excluding carboxylic acids is 1. The van der Waals surface area contributed by atoms with Gasteiger partial charge in [0.25, 0.3) is 5.69 Å². The van der Waals surface area contributed by atoms with Gasteiger partial charge in [-0.15, -0.1) is 0 Å². The molecule has 1 atom stereocenters. The number of benzene rings is 1. The van der Waals surface area contributed by atoms with E-state index in [1.54, 1.807) is 12.1 Å². The lowest BCUT2D eigenvalue weighted by atomic mass is 9.94. The van der Waals surface area contributed by atoms with E-state index in [1.807, 2.05) is 4.90 Å². The fraction of sp³-hybridized carbons (Fsp3) is 0.500. The van der Waals surface area contributed by atoms with Crippen LogP contribution in [0.4, 0.5) is 11.4 Å². The molecule has 0 amide bonds. The number of hydrogen-bond donors (Lipinski definition) is 1. The Labute approximate surface area is 117 Å². The van der Waals surface area contributed by atoms with E-state index in [0.29, 0.717) is 30.0 Å². The van der Waals surface area contributed by atoms with E-state index < -0.39 is 4.92 Å². The molecule has 20 heavy (non-hydrogen) atoms. The van der Waals surface area contributed by atoms with Crippen LogP contribution in [0.2, 0.25) is 0 Å². The van der Waals surface area contributed by atoms with Crippen LogP contribution in [0.1, 0.15) is 29.6 Å². The molecule has 108 valence electrons. The second-order valence-electron chi connectivity index (χ2n) is 5.09. The summed E-state index contributed by atoms with van der Waals surface area (Å²) in [6.07, 6.45) is 3.33. The Balaban J connectivity index is 2.26. The molecule has 1 N–H and O–H groups in total. The van der Waals surface area contributed by atoms with E-state index in [1.165, 1.54) is 6.07 Å². The van der Waals surface area contributed by atoms with Gasteiger partial charge in [0, 0.05) is 31.3 Å². The molecule has 1 heterocycles. The first-order valence-corrected chi connectivity index (χ1v) is 6.75. The lowest BCUT2D eigenvalue weighted by Crippen LogP contribution is -2.36. The van der Waals surface area contributed by atoms with Crippen molar-refractivity contribution in [3.05, 3.63) is 33.9 Å². The van der Waals surface area contributed by atoms with E-state index in [0.717, 1.165) is 25.8 Å². The lowest BCUT2D eigenvalue weighted by Gasteiger charge is -2.33. The number of hydrogen-bond acceptors (Lipinski definition) is 5. The maximum Gasteiger partial charge on any atom is 0.293 e. The highest BCUT2D eigenvalue weighted by atomic mass is 16.6. The van der Waals surface area contributed by atoms with E-state index in [-0.39, 0.29) is 12.3 Å². The summed E-state index contributed by atoms with van der Waals surface area (Å²) in [4.78, 5) is 23.4. The predicted molar refractivity (Wildman–Crippen MR) is 75.1 cm³/mol. The lowest BCUT2D eigenvalue weighted by molar-refractivity contribution is -0.384. The zero-order valence-corrected chi connectivity index (χ0v) is 11.2. The average molecular weight is 278 g/mol. The van der Waals surface area contributed by atoms with Crippen molar-refractivity contribution >= 4 is 17.7 Å². The van der Waals surface area contributed by atoms with Gasteiger partial charge in [-0.25, -0.2) is 0 Å². The fourth-order valence-corrected chi connectivity index (χ4v) is 2.73. The van der Waals surface area contributed by atoms with Gasteiger partial charge in [-0.1, -0.05) is 0 Å². The molecule has 0 aliphatic carbocycles. The third-order valence-electron chi connectivity index (χ3n) is 3.73. The molecule has 0 radical (unpaired) electrons. The molecule has 1 unspecified atom stereocenters. The van der Waals surface area contributed by atoms with Crippen LogP contribution >= 0.6 is 0 Å². The van der Waals surface area contributed by atoms with Gasteiger partial charge in [-0.05, 0) is 37.3 Å². The number of nitro benzene ring substituents is 1. The van der Waals surface area contributed by atoms with Gasteiger partial charge in [0.05, 0.1) is 4.92 Å². The highest BCUT2D eigenvalue weighted by molar-refractivity contribution is 5.79. The molecule has 1 aromatic rings. The molecule has 1 aliphatic heterocycles. The first kappa shape index (κ1) is 14.5. The van der Waals surface area contributed by atoms with Crippen LogP contribution in [-0.2, 0) is 0 Å². The monoisotopic (exact) mass is 278 g/mol. The second-order valence-corrected chi connectivity index (χ2v) is 5.09. The molecule has 0 bridgehead atoms. The number of aldehydes is 1. The van der Waals surface area contributed by atoms with Gasteiger partial charge in [0.15, 0.2) is 0 Å². The van der Waals surface area contributed by atoms with Crippen LogP contribution in [0.15, 0.2) is 18.2 Å². The Morgan fingerprint density at radius 2 is 2.30 bits per heavy atom. The van der Waals surface area contributed by atoms with Crippen LogP contribution in [0.5, 0.6) is 0 Å². The van der Waals surface area contributed by atoms with Gasteiger partial charge in [-0.3, -0.25) is 14.9 Å². The summed E-state index contributed by atoms with van der Waals surface area (Å²) in [5, 5.41) is 20.2. The Hall–Kier alpha value is -1.95. The number of carbonyl (C=O) groups is 1. The van der Waals surface area contributed by atoms with Gasteiger partial charge in [0.1, 0.15) is 12.0 Å². The summed E-state index contributed by atoms with van der Waals surface area (Å²) in [6, 6.07) is 4.56. The smallest absolute Gasteiger partial charge is 0.293 e. The van der Waals surface area contributed by atoms with Crippen LogP contribution in [0.25, 0.3) is 0 Å². The molecule has 0 aromatic heterocycles. The van der Waals surface area contributed by atoms with E-state index in [9.17, 15) is 14.9 Å². The minimum atomic E-state index is -0.446. The van der Waals surface area contributed by atoms with Crippen molar-refractivity contribution in [1.29, 1.82) is 0 Å². The summed E-state index contributed by atoms with van der Waals surface area (Å²) in [5.41, 5.74) is 0.840. The average Bonchev–Trinajstić information content (AvgIpc) is 2.47. The van der Waals surface area contributed by atoms with Gasteiger partial charge >= 0.3 is 0 Å². The van der Waals surface area contributed by atoms with Gasteiger partial charge in [-0.2, -0.15) is 0 Å². The summed E-state index contributed by atoms with van der Waals surface area (Å²) in [6.45, 7) is 1.62. The minimum Gasteiger partial charge on any atom is -0.396 e. The van der Waals surface area contributed by atoms with E-state index in [4.69, 9.17) is 5.11 Å². The number of nitro groups is 1. The van der Waals surface area contributed by atoms with Crippen LogP contribution in [0, 0.1) is 16.0 Å². The van der Waals surface area contributed by atoms with Gasteiger partial charge < -0.3 is 10.0 Å². The van der Waals surface area contributed by atoms with Crippen molar-refractivity contribution in [3.8, 4) is 0 Å². The molecule has 0 spiro atoms. The zero-order chi connectivity index (χ0) is 14.5. The quantitative estimate of drug-likeness (QED) is 0.506. The van der Waals surface area contributed by atoms with E-state index >= 15 is 0 Å². The normalized spacial score (nSPS) is 18.9. The molecule has 0 saturated carbocycles. The van der Waals surface area contributed by atoms with Gasteiger partial charge in [0.2, 0.25) is 0 Å². The summed E-state index contributed by atoms with van der Waals surface area (Å²) >= 11 is 0. The van der Waals surface area contributed by atoms with Crippen LogP contribution in [-0.4, -0.2) is 36.0 Å². The number of piperidine rings is 1.